The Hall–Kier alpha value is -4.39. The van der Waals surface area contributed by atoms with E-state index in [9.17, 15) is 9.59 Å². The van der Waals surface area contributed by atoms with Crippen molar-refractivity contribution in [2.24, 2.45) is 7.05 Å². The Morgan fingerprint density at radius 2 is 1.85 bits per heavy atom. The number of halogens is 1. The molecule has 40 heavy (non-hydrogen) atoms. The Bertz CT molecular complexity index is 1700. The van der Waals surface area contributed by atoms with E-state index in [-0.39, 0.29) is 23.7 Å². The zero-order valence-corrected chi connectivity index (χ0v) is 22.7. The van der Waals surface area contributed by atoms with Gasteiger partial charge in [0, 0.05) is 42.4 Å². The van der Waals surface area contributed by atoms with Crippen molar-refractivity contribution in [1.29, 1.82) is 0 Å². The van der Waals surface area contributed by atoms with Crippen LogP contribution in [0.15, 0.2) is 65.6 Å². The van der Waals surface area contributed by atoms with Crippen LogP contribution in [0.25, 0.3) is 22.3 Å². The number of ether oxygens (including phenoxy) is 2. The number of carboxylic acid groups (broad SMARTS) is 1. The summed E-state index contributed by atoms with van der Waals surface area (Å²) >= 11 is 0. The maximum atomic E-state index is 15.3. The van der Waals surface area contributed by atoms with Gasteiger partial charge in [-0.15, -0.1) is 0 Å². The molecule has 0 saturated carbocycles. The minimum Gasteiger partial charge on any atom is -0.492 e. The zero-order valence-electron chi connectivity index (χ0n) is 22.7. The third-order valence-corrected chi connectivity index (χ3v) is 8.09. The molecule has 4 aromatic rings. The average Bonchev–Trinajstić information content (AvgIpc) is 3.51. The molecule has 0 amide bonds. The number of hydrogen-bond donors (Lipinski definition) is 1. The highest BCUT2D eigenvalue weighted by molar-refractivity contribution is 5.79. The Kier molecular flexibility index (Phi) is 6.45. The summed E-state index contributed by atoms with van der Waals surface area (Å²) in [6.07, 6.45) is 2.67. The van der Waals surface area contributed by atoms with Crippen molar-refractivity contribution in [3.63, 3.8) is 0 Å². The van der Waals surface area contributed by atoms with Gasteiger partial charge in [-0.1, -0.05) is 24.3 Å². The van der Waals surface area contributed by atoms with Crippen LogP contribution < -0.4 is 15.0 Å². The number of rotatable bonds is 6. The molecular weight excluding hydrogens is 509 g/mol. The Balaban J connectivity index is 1.31. The first-order chi connectivity index (χ1) is 19.2. The van der Waals surface area contributed by atoms with E-state index in [1.807, 2.05) is 38.1 Å². The minimum absolute atomic E-state index is 0.0147. The summed E-state index contributed by atoms with van der Waals surface area (Å²) in [6, 6.07) is 16.6. The maximum Gasteiger partial charge on any atom is 0.304 e. The first-order valence-electron chi connectivity index (χ1n) is 13.4. The maximum absolute atomic E-state index is 15.3. The lowest BCUT2D eigenvalue weighted by Crippen LogP contribution is -2.14. The van der Waals surface area contributed by atoms with Crippen LogP contribution in [0.4, 0.5) is 4.39 Å². The molecule has 2 atom stereocenters. The molecule has 0 radical (unpaired) electrons. The molecule has 1 aliphatic heterocycles. The number of fused-ring (bicyclic) bond motifs is 2. The predicted octanol–water partition coefficient (Wildman–Crippen LogP) is 6.49. The number of aliphatic carboxylic acids is 1. The minimum atomic E-state index is -0.860. The van der Waals surface area contributed by atoms with Crippen LogP contribution in [0.3, 0.4) is 0 Å². The lowest BCUT2D eigenvalue weighted by molar-refractivity contribution is -0.137. The van der Waals surface area contributed by atoms with Crippen molar-refractivity contribution >= 4 is 5.97 Å². The van der Waals surface area contributed by atoms with Crippen LogP contribution in [0.5, 0.6) is 11.5 Å². The topological polar surface area (TPSA) is 77.8 Å². The Morgan fingerprint density at radius 3 is 2.58 bits per heavy atom. The SMILES string of the molecule is Cc1cc(-c2ccn(C)c(=O)c2)cc(C)c1-c1ccc(F)c2c1CCC2Oc1ccc2c(c1)OCC2CC(=O)O. The lowest BCUT2D eigenvalue weighted by atomic mass is 9.88. The normalized spacial score (nSPS) is 17.3. The highest BCUT2D eigenvalue weighted by Crippen LogP contribution is 2.45. The number of pyridine rings is 1. The number of carbonyl (C=O) groups is 1. The second kappa shape index (κ2) is 9.97. The molecule has 6 rings (SSSR count). The van der Waals surface area contributed by atoms with Gasteiger partial charge in [0.25, 0.3) is 5.56 Å². The summed E-state index contributed by atoms with van der Waals surface area (Å²) in [5.74, 6) is -0.130. The molecule has 6 nitrogen and oxygen atoms in total. The highest BCUT2D eigenvalue weighted by atomic mass is 19.1. The molecule has 1 aliphatic carbocycles. The first kappa shape index (κ1) is 25.9. The van der Waals surface area contributed by atoms with Crippen molar-refractivity contribution in [1.82, 2.24) is 4.57 Å². The molecule has 2 unspecified atom stereocenters. The highest BCUT2D eigenvalue weighted by Gasteiger charge is 2.32. The van der Waals surface area contributed by atoms with E-state index in [1.165, 1.54) is 6.07 Å². The fourth-order valence-electron chi connectivity index (χ4n) is 6.18. The summed E-state index contributed by atoms with van der Waals surface area (Å²) in [7, 11) is 1.73. The van der Waals surface area contributed by atoms with Crippen LogP contribution >= 0.6 is 0 Å². The van der Waals surface area contributed by atoms with Gasteiger partial charge in [0.15, 0.2) is 0 Å². The third kappa shape index (κ3) is 4.55. The van der Waals surface area contributed by atoms with Crippen molar-refractivity contribution in [2.45, 2.75) is 45.1 Å². The molecule has 3 aromatic carbocycles. The van der Waals surface area contributed by atoms with Crippen LogP contribution in [-0.2, 0) is 18.3 Å². The first-order valence-corrected chi connectivity index (χ1v) is 13.4. The fraction of sp³-hybridized carbons (Fsp3) is 0.273. The summed E-state index contributed by atoms with van der Waals surface area (Å²) in [5, 5.41) is 9.16. The summed E-state index contributed by atoms with van der Waals surface area (Å²) < 4.78 is 28.9. The van der Waals surface area contributed by atoms with Gasteiger partial charge in [-0.3, -0.25) is 9.59 Å². The summed E-state index contributed by atoms with van der Waals surface area (Å²) in [5.41, 5.74) is 8.36. The van der Waals surface area contributed by atoms with Crippen molar-refractivity contribution < 1.29 is 23.8 Å². The van der Waals surface area contributed by atoms with Crippen molar-refractivity contribution in [2.75, 3.05) is 6.61 Å². The third-order valence-electron chi connectivity index (χ3n) is 8.09. The molecule has 0 bridgehead atoms. The molecular formula is C33H30FNO5. The molecule has 0 fully saturated rings. The number of aryl methyl sites for hydroxylation is 3. The quantitative estimate of drug-likeness (QED) is 0.303. The van der Waals surface area contributed by atoms with Crippen LogP contribution in [0.1, 0.15) is 52.7 Å². The van der Waals surface area contributed by atoms with Gasteiger partial charge in [-0.25, -0.2) is 4.39 Å². The number of benzene rings is 3. The standard InChI is InChI=1S/C33H30FNO5/c1-18-12-21(20-10-11-35(3)30(36)14-20)13-19(2)32(18)25-6-8-27(34)33-26(25)7-9-28(33)40-23-4-5-24-22(15-31(37)38)17-39-29(24)16-23/h4-6,8,10-14,16,22,28H,7,9,15,17H2,1-3H3,(H,37,38). The largest absolute Gasteiger partial charge is 0.492 e. The Labute approximate surface area is 231 Å². The van der Waals surface area contributed by atoms with E-state index in [0.717, 1.165) is 44.5 Å². The smallest absolute Gasteiger partial charge is 0.304 e. The van der Waals surface area contributed by atoms with E-state index in [0.29, 0.717) is 36.5 Å². The van der Waals surface area contributed by atoms with E-state index >= 15 is 4.39 Å². The Morgan fingerprint density at radius 1 is 1.07 bits per heavy atom. The molecule has 0 saturated heterocycles. The predicted molar refractivity (Wildman–Crippen MR) is 151 cm³/mol. The molecule has 2 aliphatic rings. The molecule has 1 aromatic heterocycles. The molecule has 204 valence electrons. The van der Waals surface area contributed by atoms with Crippen LogP contribution in [0.2, 0.25) is 0 Å². The van der Waals surface area contributed by atoms with Crippen LogP contribution in [-0.4, -0.2) is 22.2 Å². The molecule has 2 heterocycles. The molecule has 1 N–H and O–H groups in total. The zero-order chi connectivity index (χ0) is 28.1. The number of carboxylic acids is 1. The van der Waals surface area contributed by atoms with E-state index in [1.54, 1.807) is 29.9 Å². The van der Waals surface area contributed by atoms with E-state index in [4.69, 9.17) is 14.6 Å². The average molecular weight is 540 g/mol. The van der Waals surface area contributed by atoms with E-state index in [2.05, 4.69) is 12.1 Å². The van der Waals surface area contributed by atoms with Crippen molar-refractivity contribution in [3.8, 4) is 33.8 Å². The van der Waals surface area contributed by atoms with E-state index < -0.39 is 12.1 Å². The molecule has 0 spiro atoms. The summed E-state index contributed by atoms with van der Waals surface area (Å²) in [4.78, 5) is 23.3. The monoisotopic (exact) mass is 539 g/mol. The van der Waals surface area contributed by atoms with Gasteiger partial charge in [-0.05, 0) is 83.8 Å². The lowest BCUT2D eigenvalue weighted by Gasteiger charge is -2.19. The summed E-state index contributed by atoms with van der Waals surface area (Å²) in [6.45, 7) is 4.43. The fourth-order valence-corrected chi connectivity index (χ4v) is 6.18. The van der Waals surface area contributed by atoms with Crippen LogP contribution in [0, 0.1) is 19.7 Å². The van der Waals surface area contributed by atoms with Gasteiger partial charge in [0.05, 0.1) is 13.0 Å². The second-order valence-corrected chi connectivity index (χ2v) is 10.8. The second-order valence-electron chi connectivity index (χ2n) is 10.8. The number of nitrogens with zero attached hydrogens (tertiary/aromatic N) is 1. The van der Waals surface area contributed by atoms with Gasteiger partial charge < -0.3 is 19.1 Å². The van der Waals surface area contributed by atoms with Gasteiger partial charge in [0.1, 0.15) is 23.4 Å². The van der Waals surface area contributed by atoms with Gasteiger partial charge >= 0.3 is 5.97 Å². The van der Waals surface area contributed by atoms with Gasteiger partial charge in [0.2, 0.25) is 0 Å². The number of hydrogen-bond acceptors (Lipinski definition) is 4. The van der Waals surface area contributed by atoms with Gasteiger partial charge in [-0.2, -0.15) is 0 Å². The number of aromatic nitrogens is 1. The van der Waals surface area contributed by atoms with Crippen molar-refractivity contribution in [3.05, 3.63) is 105 Å². The molecule has 7 heteroatoms.